The molecule has 6 nitrogen and oxygen atoms in total. The first-order valence-corrected chi connectivity index (χ1v) is 6.24. The van der Waals surface area contributed by atoms with Gasteiger partial charge in [0.1, 0.15) is 11.4 Å². The summed E-state index contributed by atoms with van der Waals surface area (Å²) in [4.78, 5) is 15.8. The third kappa shape index (κ3) is 3.18. The molecule has 0 unspecified atom stereocenters. The van der Waals surface area contributed by atoms with Crippen LogP contribution in [-0.4, -0.2) is 23.2 Å². The van der Waals surface area contributed by atoms with Crippen LogP contribution in [0, 0.1) is 0 Å². The smallest absolute Gasteiger partial charge is 0.437 e. The second kappa shape index (κ2) is 6.04. The molecule has 2 heterocycles. The monoisotopic (exact) mass is 315 g/mol. The van der Waals surface area contributed by atoms with Gasteiger partial charge in [0, 0.05) is 17.8 Å². The van der Waals surface area contributed by atoms with E-state index < -0.39 is 17.8 Å². The number of halogens is 3. The van der Waals surface area contributed by atoms with Crippen LogP contribution in [0.15, 0.2) is 22.9 Å². The number of anilines is 1. The predicted molar refractivity (Wildman–Crippen MR) is 69.6 cm³/mol. The van der Waals surface area contributed by atoms with Gasteiger partial charge < -0.3 is 9.26 Å². The molecule has 0 saturated carbocycles. The van der Waals surface area contributed by atoms with Gasteiger partial charge in [-0.3, -0.25) is 15.1 Å². The van der Waals surface area contributed by atoms with Gasteiger partial charge in [-0.1, -0.05) is 12.1 Å². The van der Waals surface area contributed by atoms with Gasteiger partial charge in [-0.05, 0) is 12.5 Å². The fourth-order valence-electron chi connectivity index (χ4n) is 1.79. The number of amides is 1. The Balaban J connectivity index is 2.27. The Morgan fingerprint density at radius 1 is 1.45 bits per heavy atom. The lowest BCUT2D eigenvalue weighted by molar-refractivity contribution is -0.143. The highest BCUT2D eigenvalue weighted by Crippen LogP contribution is 2.34. The quantitative estimate of drug-likeness (QED) is 0.938. The molecule has 22 heavy (non-hydrogen) atoms. The molecule has 2 aromatic rings. The number of hydrogen-bond donors (Lipinski definition) is 1. The minimum absolute atomic E-state index is 0.000500. The number of carbonyl (C=O) groups is 1. The van der Waals surface area contributed by atoms with E-state index in [0.29, 0.717) is 5.75 Å². The van der Waals surface area contributed by atoms with Crippen molar-refractivity contribution in [3.8, 4) is 5.75 Å². The topological polar surface area (TPSA) is 77.2 Å². The zero-order valence-corrected chi connectivity index (χ0v) is 11.7. The number of ether oxygens (including phenoxy) is 1. The van der Waals surface area contributed by atoms with Crippen molar-refractivity contribution in [2.24, 2.45) is 0 Å². The Kier molecular flexibility index (Phi) is 4.34. The van der Waals surface area contributed by atoms with E-state index in [-0.39, 0.29) is 23.6 Å². The maximum Gasteiger partial charge on any atom is 0.437 e. The number of methoxy groups -OCH3 is 1. The van der Waals surface area contributed by atoms with Gasteiger partial charge in [-0.25, -0.2) is 0 Å². The van der Waals surface area contributed by atoms with Crippen molar-refractivity contribution < 1.29 is 27.2 Å². The van der Waals surface area contributed by atoms with E-state index in [1.807, 2.05) is 0 Å². The number of nitrogens with one attached hydrogen (secondary N) is 1. The van der Waals surface area contributed by atoms with Gasteiger partial charge in [-0.15, -0.1) is 0 Å². The molecule has 0 fully saturated rings. The average Bonchev–Trinajstić information content (AvgIpc) is 2.90. The summed E-state index contributed by atoms with van der Waals surface area (Å²) in [5, 5.41) is 5.21. The normalized spacial score (nSPS) is 11.3. The first kappa shape index (κ1) is 15.8. The highest BCUT2D eigenvalue weighted by Gasteiger charge is 2.39. The standard InChI is InChI=1S/C13H12F3N3O3/c1-3-8-10(13(14,15)16)19-22-12(8)18-11(20)9-6-7(21-2)4-5-17-9/h4-6H,3H2,1-2H3,(H,18,20). The molecular weight excluding hydrogens is 303 g/mol. The lowest BCUT2D eigenvalue weighted by Gasteiger charge is -2.06. The van der Waals surface area contributed by atoms with Crippen molar-refractivity contribution in [2.75, 3.05) is 12.4 Å². The maximum absolute atomic E-state index is 12.7. The molecule has 118 valence electrons. The summed E-state index contributed by atoms with van der Waals surface area (Å²) in [5.41, 5.74) is -1.39. The third-order valence-electron chi connectivity index (χ3n) is 2.84. The first-order valence-electron chi connectivity index (χ1n) is 6.24. The summed E-state index contributed by atoms with van der Waals surface area (Å²) in [7, 11) is 1.41. The summed E-state index contributed by atoms with van der Waals surface area (Å²) in [6, 6.07) is 2.88. The molecule has 0 atom stereocenters. The number of nitrogens with zero attached hydrogens (tertiary/aromatic N) is 2. The van der Waals surface area contributed by atoms with E-state index in [9.17, 15) is 18.0 Å². The van der Waals surface area contributed by atoms with Gasteiger partial charge >= 0.3 is 6.18 Å². The highest BCUT2D eigenvalue weighted by molar-refractivity contribution is 6.02. The molecule has 0 aliphatic carbocycles. The molecule has 1 N–H and O–H groups in total. The highest BCUT2D eigenvalue weighted by atomic mass is 19.4. The molecule has 2 aromatic heterocycles. The summed E-state index contributed by atoms with van der Waals surface area (Å²) in [6.07, 6.45) is -3.30. The molecule has 0 spiro atoms. The Morgan fingerprint density at radius 3 is 2.77 bits per heavy atom. The van der Waals surface area contributed by atoms with Crippen LogP contribution in [0.2, 0.25) is 0 Å². The van der Waals surface area contributed by atoms with Crippen molar-refractivity contribution in [1.82, 2.24) is 10.1 Å². The van der Waals surface area contributed by atoms with Gasteiger partial charge in [0.15, 0.2) is 5.69 Å². The van der Waals surface area contributed by atoms with Crippen LogP contribution in [0.1, 0.15) is 28.7 Å². The molecule has 0 saturated heterocycles. The third-order valence-corrected chi connectivity index (χ3v) is 2.84. The zero-order valence-electron chi connectivity index (χ0n) is 11.7. The van der Waals surface area contributed by atoms with Crippen molar-refractivity contribution in [3.05, 3.63) is 35.3 Å². The Bertz CT molecular complexity index is 683. The molecular formula is C13H12F3N3O3. The van der Waals surface area contributed by atoms with Crippen molar-refractivity contribution in [2.45, 2.75) is 19.5 Å². The minimum atomic E-state index is -4.65. The Morgan fingerprint density at radius 2 is 2.18 bits per heavy atom. The number of pyridine rings is 1. The fourth-order valence-corrected chi connectivity index (χ4v) is 1.79. The zero-order chi connectivity index (χ0) is 16.3. The second-order valence-electron chi connectivity index (χ2n) is 4.23. The van der Waals surface area contributed by atoms with Crippen LogP contribution >= 0.6 is 0 Å². The first-order chi connectivity index (χ1) is 10.4. The largest absolute Gasteiger partial charge is 0.497 e. The maximum atomic E-state index is 12.7. The Hall–Kier alpha value is -2.58. The molecule has 0 radical (unpaired) electrons. The van der Waals surface area contributed by atoms with Crippen molar-refractivity contribution in [1.29, 1.82) is 0 Å². The number of hydrogen-bond acceptors (Lipinski definition) is 5. The molecule has 0 aromatic carbocycles. The van der Waals surface area contributed by atoms with Crippen LogP contribution in [0.4, 0.5) is 19.1 Å². The van der Waals surface area contributed by atoms with E-state index >= 15 is 0 Å². The molecule has 2 rings (SSSR count). The van der Waals surface area contributed by atoms with Crippen LogP contribution in [0.5, 0.6) is 5.75 Å². The molecule has 1 amide bonds. The van der Waals surface area contributed by atoms with Crippen molar-refractivity contribution >= 4 is 11.8 Å². The fraction of sp³-hybridized carbons (Fsp3) is 0.308. The van der Waals surface area contributed by atoms with E-state index in [0.717, 1.165) is 0 Å². The summed E-state index contributed by atoms with van der Waals surface area (Å²) < 4.78 is 47.8. The predicted octanol–water partition coefficient (Wildman–Crippen LogP) is 2.91. The summed E-state index contributed by atoms with van der Waals surface area (Å²) in [6.45, 7) is 1.50. The lowest BCUT2D eigenvalue weighted by atomic mass is 10.1. The number of carbonyl (C=O) groups excluding carboxylic acids is 1. The number of aromatic nitrogens is 2. The number of alkyl halides is 3. The van der Waals surface area contributed by atoms with Crippen LogP contribution < -0.4 is 10.1 Å². The summed E-state index contributed by atoms with van der Waals surface area (Å²) in [5.74, 6) is -0.674. The van der Waals surface area contributed by atoms with Gasteiger partial charge in [0.25, 0.3) is 5.91 Å². The molecule has 0 aliphatic heterocycles. The number of rotatable bonds is 4. The van der Waals surface area contributed by atoms with E-state index in [1.54, 1.807) is 0 Å². The average molecular weight is 315 g/mol. The van der Waals surface area contributed by atoms with E-state index in [4.69, 9.17) is 4.74 Å². The molecule has 9 heteroatoms. The van der Waals surface area contributed by atoms with E-state index in [2.05, 4.69) is 20.0 Å². The summed E-state index contributed by atoms with van der Waals surface area (Å²) >= 11 is 0. The van der Waals surface area contributed by atoms with Gasteiger partial charge in [0.05, 0.1) is 7.11 Å². The second-order valence-corrected chi connectivity index (χ2v) is 4.23. The van der Waals surface area contributed by atoms with Crippen LogP contribution in [0.3, 0.4) is 0 Å². The minimum Gasteiger partial charge on any atom is -0.497 e. The molecule has 0 aliphatic rings. The Labute approximate surface area is 123 Å². The van der Waals surface area contributed by atoms with Crippen molar-refractivity contribution in [3.63, 3.8) is 0 Å². The molecule has 0 bridgehead atoms. The van der Waals surface area contributed by atoms with Crippen LogP contribution in [-0.2, 0) is 12.6 Å². The van der Waals surface area contributed by atoms with E-state index in [1.165, 1.54) is 32.4 Å². The van der Waals surface area contributed by atoms with Gasteiger partial charge in [-0.2, -0.15) is 13.2 Å². The van der Waals surface area contributed by atoms with Gasteiger partial charge in [0.2, 0.25) is 5.88 Å². The van der Waals surface area contributed by atoms with Crippen LogP contribution in [0.25, 0.3) is 0 Å². The lowest BCUT2D eigenvalue weighted by Crippen LogP contribution is -2.15. The SMILES string of the molecule is CCc1c(C(F)(F)F)noc1NC(=O)c1cc(OC)ccn1.